The molecule has 0 spiro atoms. The van der Waals surface area contributed by atoms with Gasteiger partial charge in [-0.25, -0.2) is 0 Å². The van der Waals surface area contributed by atoms with Crippen molar-refractivity contribution in [3.8, 4) is 0 Å². The Morgan fingerprint density at radius 1 is 1.14 bits per heavy atom. The molecule has 1 saturated carbocycles. The number of unbranched alkanes of at least 4 members (excludes halogenated alkanes) is 1. The maximum absolute atomic E-state index is 10.5. The van der Waals surface area contributed by atoms with Crippen molar-refractivity contribution in [2.24, 2.45) is 11.8 Å². The maximum atomic E-state index is 10.5. The van der Waals surface area contributed by atoms with Gasteiger partial charge in [0.25, 0.3) is 0 Å². The Labute approximate surface area is 167 Å². The lowest BCUT2D eigenvalue weighted by molar-refractivity contribution is -0.137. The van der Waals surface area contributed by atoms with Crippen molar-refractivity contribution in [2.75, 3.05) is 0 Å². The van der Waals surface area contributed by atoms with Gasteiger partial charge in [-0.2, -0.15) is 0 Å². The summed E-state index contributed by atoms with van der Waals surface area (Å²) < 4.78 is 0. The molecule has 2 rings (SSSR count). The standard InChI is InChI=1S/C23H32O5/c24-18(13-12-17-8-4-3-5-9-17)14-15-20-19(21(25)16-22(20)26)10-6-1-2-7-11-23(27)28/h1,3-6,8-9,14-15,18-22,24-26H,2,7,10-13,16H2,(H,27,28)/t18?,19-,20-,21+,22+/m1/s1. The van der Waals surface area contributed by atoms with Gasteiger partial charge in [0.2, 0.25) is 0 Å². The van der Waals surface area contributed by atoms with Crippen LogP contribution in [0.4, 0.5) is 0 Å². The molecule has 1 aliphatic carbocycles. The Hall–Kier alpha value is -1.95. The molecule has 28 heavy (non-hydrogen) atoms. The fourth-order valence-corrected chi connectivity index (χ4v) is 3.76. The van der Waals surface area contributed by atoms with Crippen LogP contribution in [0.3, 0.4) is 0 Å². The Kier molecular flexibility index (Phi) is 9.41. The summed E-state index contributed by atoms with van der Waals surface area (Å²) in [5, 5.41) is 39.4. The number of carbonyl (C=O) groups is 1. The fraction of sp³-hybridized carbons (Fsp3) is 0.522. The molecule has 5 atom stereocenters. The normalized spacial score (nSPS) is 26.2. The summed E-state index contributed by atoms with van der Waals surface area (Å²) in [6.07, 6.45) is 9.51. The molecule has 0 bridgehead atoms. The van der Waals surface area contributed by atoms with Crippen LogP contribution in [-0.2, 0) is 11.2 Å². The van der Waals surface area contributed by atoms with Gasteiger partial charge in [-0.05, 0) is 43.6 Å². The second kappa shape index (κ2) is 11.8. The van der Waals surface area contributed by atoms with Crippen molar-refractivity contribution < 1.29 is 25.2 Å². The summed E-state index contributed by atoms with van der Waals surface area (Å²) in [5.41, 5.74) is 1.18. The van der Waals surface area contributed by atoms with Crippen LogP contribution in [-0.4, -0.2) is 44.7 Å². The fourth-order valence-electron chi connectivity index (χ4n) is 3.76. The van der Waals surface area contributed by atoms with Gasteiger partial charge in [-0.3, -0.25) is 4.79 Å². The first-order valence-electron chi connectivity index (χ1n) is 10.1. The topological polar surface area (TPSA) is 98.0 Å². The van der Waals surface area contributed by atoms with Gasteiger partial charge in [-0.1, -0.05) is 54.6 Å². The number of aliphatic hydroxyl groups is 3. The minimum Gasteiger partial charge on any atom is -0.481 e. The van der Waals surface area contributed by atoms with Crippen molar-refractivity contribution >= 4 is 5.97 Å². The molecule has 0 aliphatic heterocycles. The zero-order valence-corrected chi connectivity index (χ0v) is 16.2. The zero-order valence-electron chi connectivity index (χ0n) is 16.2. The smallest absolute Gasteiger partial charge is 0.303 e. The predicted molar refractivity (Wildman–Crippen MR) is 109 cm³/mol. The lowest BCUT2D eigenvalue weighted by atomic mass is 9.89. The third-order valence-corrected chi connectivity index (χ3v) is 5.38. The van der Waals surface area contributed by atoms with Crippen molar-refractivity contribution in [1.29, 1.82) is 0 Å². The third-order valence-electron chi connectivity index (χ3n) is 5.38. The van der Waals surface area contributed by atoms with Gasteiger partial charge in [0, 0.05) is 18.8 Å². The van der Waals surface area contributed by atoms with E-state index in [1.165, 1.54) is 5.56 Å². The molecule has 0 heterocycles. The highest BCUT2D eigenvalue weighted by molar-refractivity contribution is 5.66. The minimum atomic E-state index is -0.793. The van der Waals surface area contributed by atoms with Crippen LogP contribution >= 0.6 is 0 Å². The molecule has 1 aliphatic rings. The molecule has 0 radical (unpaired) electrons. The zero-order chi connectivity index (χ0) is 20.4. The number of carboxylic acid groups (broad SMARTS) is 1. The molecular weight excluding hydrogens is 356 g/mol. The van der Waals surface area contributed by atoms with Gasteiger partial charge in [0.05, 0.1) is 18.3 Å². The third kappa shape index (κ3) is 7.58. The van der Waals surface area contributed by atoms with Crippen molar-refractivity contribution in [3.63, 3.8) is 0 Å². The number of hydrogen-bond donors (Lipinski definition) is 4. The van der Waals surface area contributed by atoms with E-state index in [2.05, 4.69) is 0 Å². The van der Waals surface area contributed by atoms with Crippen molar-refractivity contribution in [3.05, 3.63) is 60.2 Å². The van der Waals surface area contributed by atoms with E-state index in [0.717, 1.165) is 6.42 Å². The van der Waals surface area contributed by atoms with Crippen LogP contribution in [0.2, 0.25) is 0 Å². The first-order chi connectivity index (χ1) is 13.5. The molecule has 154 valence electrons. The van der Waals surface area contributed by atoms with Gasteiger partial charge in [0.1, 0.15) is 0 Å². The van der Waals surface area contributed by atoms with Crippen LogP contribution < -0.4 is 0 Å². The molecule has 4 N–H and O–H groups in total. The Morgan fingerprint density at radius 3 is 2.61 bits per heavy atom. The molecule has 1 unspecified atom stereocenters. The van der Waals surface area contributed by atoms with Crippen LogP contribution in [0.1, 0.15) is 44.1 Å². The number of hydrogen-bond acceptors (Lipinski definition) is 4. The number of aryl methyl sites for hydroxylation is 1. The van der Waals surface area contributed by atoms with Gasteiger partial charge in [-0.15, -0.1) is 0 Å². The predicted octanol–water partition coefficient (Wildman–Crippen LogP) is 3.10. The highest BCUT2D eigenvalue weighted by Crippen LogP contribution is 2.36. The average Bonchev–Trinajstić information content (AvgIpc) is 2.94. The van der Waals surface area contributed by atoms with Crippen LogP contribution in [0.5, 0.6) is 0 Å². The van der Waals surface area contributed by atoms with Crippen LogP contribution in [0.15, 0.2) is 54.6 Å². The Bertz CT molecular complexity index is 640. The van der Waals surface area contributed by atoms with Crippen LogP contribution in [0.25, 0.3) is 0 Å². The van der Waals surface area contributed by atoms with Gasteiger partial charge in [0.15, 0.2) is 0 Å². The minimum absolute atomic E-state index is 0.0942. The molecule has 1 aromatic rings. The maximum Gasteiger partial charge on any atom is 0.303 e. The lowest BCUT2D eigenvalue weighted by Gasteiger charge is -2.19. The van der Waals surface area contributed by atoms with E-state index < -0.39 is 24.3 Å². The van der Waals surface area contributed by atoms with E-state index in [1.54, 1.807) is 6.08 Å². The van der Waals surface area contributed by atoms with Crippen LogP contribution in [0, 0.1) is 11.8 Å². The second-order valence-electron chi connectivity index (χ2n) is 7.58. The number of benzene rings is 1. The molecule has 1 fully saturated rings. The quantitative estimate of drug-likeness (QED) is 0.345. The summed E-state index contributed by atoms with van der Waals surface area (Å²) >= 11 is 0. The molecule has 1 aromatic carbocycles. The number of allylic oxidation sites excluding steroid dienone is 2. The number of rotatable bonds is 11. The van der Waals surface area contributed by atoms with Gasteiger partial charge < -0.3 is 20.4 Å². The summed E-state index contributed by atoms with van der Waals surface area (Å²) in [4.78, 5) is 10.5. The SMILES string of the molecule is O=C(O)CCCC=CC[C@@H]1[C@@H](C=CC(O)CCc2ccccc2)[C@@H](O)C[C@@H]1O. The van der Waals surface area contributed by atoms with E-state index in [1.807, 2.05) is 48.6 Å². The number of aliphatic carboxylic acids is 1. The summed E-state index contributed by atoms with van der Waals surface area (Å²) in [7, 11) is 0. The van der Waals surface area contributed by atoms with Crippen molar-refractivity contribution in [2.45, 2.75) is 63.3 Å². The first kappa shape index (κ1) is 22.3. The van der Waals surface area contributed by atoms with E-state index >= 15 is 0 Å². The summed E-state index contributed by atoms with van der Waals surface area (Å²) in [6, 6.07) is 9.99. The summed E-state index contributed by atoms with van der Waals surface area (Å²) in [5.74, 6) is -1.08. The molecule has 0 saturated heterocycles. The van der Waals surface area contributed by atoms with E-state index in [4.69, 9.17) is 5.11 Å². The number of carboxylic acids is 1. The summed E-state index contributed by atoms with van der Waals surface area (Å²) in [6.45, 7) is 0. The van der Waals surface area contributed by atoms with Gasteiger partial charge >= 0.3 is 5.97 Å². The molecule has 5 heteroatoms. The van der Waals surface area contributed by atoms with E-state index in [-0.39, 0.29) is 18.3 Å². The first-order valence-corrected chi connectivity index (χ1v) is 10.1. The Morgan fingerprint density at radius 2 is 1.89 bits per heavy atom. The lowest BCUT2D eigenvalue weighted by Crippen LogP contribution is -2.20. The second-order valence-corrected chi connectivity index (χ2v) is 7.58. The van der Waals surface area contributed by atoms with Crippen molar-refractivity contribution in [1.82, 2.24) is 0 Å². The monoisotopic (exact) mass is 388 g/mol. The van der Waals surface area contributed by atoms with E-state index in [9.17, 15) is 20.1 Å². The highest BCUT2D eigenvalue weighted by atomic mass is 16.4. The molecule has 0 amide bonds. The number of aliphatic hydroxyl groups excluding tert-OH is 3. The molecular formula is C23H32O5. The Balaban J connectivity index is 1.82. The average molecular weight is 389 g/mol. The van der Waals surface area contributed by atoms with E-state index in [0.29, 0.717) is 32.1 Å². The molecule has 5 nitrogen and oxygen atoms in total. The molecule has 0 aromatic heterocycles. The largest absolute Gasteiger partial charge is 0.481 e. The highest BCUT2D eigenvalue weighted by Gasteiger charge is 2.39.